The Bertz CT molecular complexity index is 655. The summed E-state index contributed by atoms with van der Waals surface area (Å²) in [7, 11) is 0.461. The summed E-state index contributed by atoms with van der Waals surface area (Å²) in [5, 5.41) is 5.09. The number of benzene rings is 1. The molecule has 0 saturated carbocycles. The molecule has 1 aromatic heterocycles. The third kappa shape index (κ3) is 2.94. The van der Waals surface area contributed by atoms with Gasteiger partial charge in [0, 0.05) is 18.3 Å². The molecule has 2 N–H and O–H groups in total. The van der Waals surface area contributed by atoms with Crippen molar-refractivity contribution in [3.8, 4) is 0 Å². The van der Waals surface area contributed by atoms with Crippen molar-refractivity contribution in [1.29, 1.82) is 0 Å². The number of nitrogen functional groups attached to an aromatic ring is 1. The van der Waals surface area contributed by atoms with Crippen LogP contribution in [-0.4, -0.2) is 14.0 Å². The zero-order valence-electron chi connectivity index (χ0n) is 10.5. The van der Waals surface area contributed by atoms with Crippen molar-refractivity contribution < 1.29 is 4.21 Å². The average Bonchev–Trinajstić information content (AvgIpc) is 2.56. The Balaban J connectivity index is 2.31. The molecule has 0 amide bonds. The predicted molar refractivity (Wildman–Crippen MR) is 78.9 cm³/mol. The second-order valence-electron chi connectivity index (χ2n) is 4.16. The maximum absolute atomic E-state index is 12.4. The van der Waals surface area contributed by atoms with Gasteiger partial charge in [-0.2, -0.15) is 5.10 Å². The monoisotopic (exact) mass is 317 g/mol. The minimum Gasteiger partial charge on any atom is -0.399 e. The van der Waals surface area contributed by atoms with Crippen molar-refractivity contribution in [3.05, 3.63) is 39.6 Å². The Labute approximate surface area is 124 Å². The second-order valence-corrected chi connectivity index (χ2v) is 6.34. The highest BCUT2D eigenvalue weighted by Gasteiger charge is 2.16. The summed E-state index contributed by atoms with van der Waals surface area (Å²) in [6.45, 7) is 1.84. The third-order valence-electron chi connectivity index (χ3n) is 2.75. The van der Waals surface area contributed by atoms with Gasteiger partial charge in [0.15, 0.2) is 0 Å². The minimum atomic E-state index is -1.29. The van der Waals surface area contributed by atoms with Crippen LogP contribution in [0.4, 0.5) is 5.69 Å². The van der Waals surface area contributed by atoms with Gasteiger partial charge in [0.25, 0.3) is 0 Å². The molecule has 4 nitrogen and oxygen atoms in total. The highest BCUT2D eigenvalue weighted by atomic mass is 35.5. The SMILES string of the molecule is Cc1nn(C)c(Cl)c1CS(=O)c1ccc(N)cc1Cl. The van der Waals surface area contributed by atoms with Crippen molar-refractivity contribution in [2.24, 2.45) is 7.05 Å². The summed E-state index contributed by atoms with van der Waals surface area (Å²) >= 11 is 12.2. The highest BCUT2D eigenvalue weighted by molar-refractivity contribution is 7.84. The van der Waals surface area contributed by atoms with E-state index in [0.717, 1.165) is 11.3 Å². The molecule has 0 fully saturated rings. The molecule has 1 atom stereocenters. The number of hydrogen-bond donors (Lipinski definition) is 1. The maximum atomic E-state index is 12.4. The smallest absolute Gasteiger partial charge is 0.131 e. The number of aromatic nitrogens is 2. The van der Waals surface area contributed by atoms with Gasteiger partial charge in [-0.05, 0) is 25.1 Å². The number of nitrogens with two attached hydrogens (primary N) is 1. The van der Waals surface area contributed by atoms with E-state index >= 15 is 0 Å². The number of aryl methyl sites for hydroxylation is 2. The van der Waals surface area contributed by atoms with Gasteiger partial charge >= 0.3 is 0 Å². The Morgan fingerprint density at radius 2 is 2.11 bits per heavy atom. The van der Waals surface area contributed by atoms with Crippen molar-refractivity contribution in [2.45, 2.75) is 17.6 Å². The molecule has 0 saturated heterocycles. The first-order chi connectivity index (χ1) is 8.90. The van der Waals surface area contributed by atoms with E-state index in [9.17, 15) is 4.21 Å². The molecule has 0 aliphatic heterocycles. The van der Waals surface area contributed by atoms with E-state index in [0.29, 0.717) is 20.8 Å². The Hall–Kier alpha value is -1.04. The van der Waals surface area contributed by atoms with Crippen LogP contribution in [0, 0.1) is 6.92 Å². The molecular weight excluding hydrogens is 305 g/mol. The molecule has 1 unspecified atom stereocenters. The van der Waals surface area contributed by atoms with E-state index in [2.05, 4.69) is 5.10 Å². The van der Waals surface area contributed by atoms with Crippen LogP contribution in [0.1, 0.15) is 11.3 Å². The van der Waals surface area contributed by atoms with Gasteiger partial charge in [-0.25, -0.2) is 0 Å². The molecule has 102 valence electrons. The fraction of sp³-hybridized carbons (Fsp3) is 0.250. The van der Waals surface area contributed by atoms with Gasteiger partial charge < -0.3 is 5.73 Å². The van der Waals surface area contributed by atoms with E-state index in [1.165, 1.54) is 0 Å². The Morgan fingerprint density at radius 1 is 1.42 bits per heavy atom. The van der Waals surface area contributed by atoms with Gasteiger partial charge in [0.2, 0.25) is 0 Å². The molecule has 1 aromatic carbocycles. The highest BCUT2D eigenvalue weighted by Crippen LogP contribution is 2.27. The van der Waals surface area contributed by atoms with Gasteiger partial charge in [0.05, 0.1) is 32.2 Å². The summed E-state index contributed by atoms with van der Waals surface area (Å²) in [5.74, 6) is 0.280. The first-order valence-corrected chi connectivity index (χ1v) is 7.59. The summed E-state index contributed by atoms with van der Waals surface area (Å²) in [5.41, 5.74) is 7.70. The molecule has 0 aliphatic carbocycles. The van der Waals surface area contributed by atoms with Gasteiger partial charge in [-0.15, -0.1) is 0 Å². The van der Waals surface area contributed by atoms with Crippen LogP contribution in [0.5, 0.6) is 0 Å². The van der Waals surface area contributed by atoms with Crippen molar-refractivity contribution >= 4 is 39.7 Å². The van der Waals surface area contributed by atoms with Crippen LogP contribution in [0.15, 0.2) is 23.1 Å². The lowest BCUT2D eigenvalue weighted by Gasteiger charge is -2.05. The van der Waals surface area contributed by atoms with Crippen molar-refractivity contribution in [3.63, 3.8) is 0 Å². The van der Waals surface area contributed by atoms with Crippen LogP contribution in [-0.2, 0) is 23.6 Å². The van der Waals surface area contributed by atoms with Crippen LogP contribution in [0.2, 0.25) is 10.2 Å². The largest absolute Gasteiger partial charge is 0.399 e. The molecule has 0 radical (unpaired) electrons. The number of anilines is 1. The number of nitrogens with zero attached hydrogens (tertiary/aromatic N) is 2. The zero-order chi connectivity index (χ0) is 14.2. The normalized spacial score (nSPS) is 12.6. The summed E-state index contributed by atoms with van der Waals surface area (Å²) in [6, 6.07) is 4.94. The van der Waals surface area contributed by atoms with Crippen LogP contribution in [0.25, 0.3) is 0 Å². The molecule has 0 aliphatic rings. The lowest BCUT2D eigenvalue weighted by molar-refractivity contribution is 0.682. The second kappa shape index (κ2) is 5.53. The van der Waals surface area contributed by atoms with Crippen LogP contribution < -0.4 is 5.73 Å². The first-order valence-electron chi connectivity index (χ1n) is 5.51. The number of halogens is 2. The third-order valence-corrected chi connectivity index (χ3v) is 5.04. The van der Waals surface area contributed by atoms with E-state index < -0.39 is 10.8 Å². The van der Waals surface area contributed by atoms with E-state index in [1.807, 2.05) is 6.92 Å². The molecule has 0 bridgehead atoms. The fourth-order valence-electron chi connectivity index (χ4n) is 1.75. The summed E-state index contributed by atoms with van der Waals surface area (Å²) < 4.78 is 13.9. The van der Waals surface area contributed by atoms with E-state index in [-0.39, 0.29) is 5.75 Å². The van der Waals surface area contributed by atoms with Gasteiger partial charge in [-0.1, -0.05) is 23.2 Å². The Kier molecular flexibility index (Phi) is 4.18. The topological polar surface area (TPSA) is 60.9 Å². The molecule has 7 heteroatoms. The lowest BCUT2D eigenvalue weighted by Crippen LogP contribution is -1.99. The van der Waals surface area contributed by atoms with Crippen molar-refractivity contribution in [1.82, 2.24) is 9.78 Å². The Morgan fingerprint density at radius 3 is 2.63 bits per heavy atom. The molecule has 2 rings (SSSR count). The molecule has 2 aromatic rings. The zero-order valence-corrected chi connectivity index (χ0v) is 12.8. The summed E-state index contributed by atoms with van der Waals surface area (Å²) in [4.78, 5) is 0.551. The lowest BCUT2D eigenvalue weighted by atomic mass is 10.3. The van der Waals surface area contributed by atoms with Crippen LogP contribution in [0.3, 0.4) is 0 Å². The van der Waals surface area contributed by atoms with E-state index in [1.54, 1.807) is 29.9 Å². The first kappa shape index (κ1) is 14.4. The quantitative estimate of drug-likeness (QED) is 0.885. The predicted octanol–water partition coefficient (Wildman–Crippen LogP) is 2.93. The number of rotatable bonds is 3. The standard InChI is InChI=1S/C12H13Cl2N3OS/c1-7-9(12(14)17(2)16-7)6-19(18)11-4-3-8(15)5-10(11)13/h3-5H,6,15H2,1-2H3. The van der Waals surface area contributed by atoms with E-state index in [4.69, 9.17) is 28.9 Å². The molecule has 19 heavy (non-hydrogen) atoms. The fourth-order valence-corrected chi connectivity index (χ4v) is 3.78. The maximum Gasteiger partial charge on any atom is 0.131 e. The van der Waals surface area contributed by atoms with Gasteiger partial charge in [0.1, 0.15) is 5.15 Å². The van der Waals surface area contributed by atoms with Crippen molar-refractivity contribution in [2.75, 3.05) is 5.73 Å². The number of hydrogen-bond acceptors (Lipinski definition) is 3. The molecule has 1 heterocycles. The van der Waals surface area contributed by atoms with Gasteiger partial charge in [-0.3, -0.25) is 8.89 Å². The summed E-state index contributed by atoms with van der Waals surface area (Å²) in [6.07, 6.45) is 0. The molecular formula is C12H13Cl2N3OS. The average molecular weight is 318 g/mol. The van der Waals surface area contributed by atoms with Crippen LogP contribution >= 0.6 is 23.2 Å². The minimum absolute atomic E-state index is 0.280. The molecule has 0 spiro atoms.